The van der Waals surface area contributed by atoms with E-state index < -0.39 is 0 Å². The van der Waals surface area contributed by atoms with Gasteiger partial charge in [0.15, 0.2) is 5.75 Å². The van der Waals surface area contributed by atoms with Crippen molar-refractivity contribution in [2.24, 2.45) is 0 Å². The summed E-state index contributed by atoms with van der Waals surface area (Å²) in [6.45, 7) is 0. The highest BCUT2D eigenvalue weighted by molar-refractivity contribution is 9.10. The number of rotatable bonds is 2. The Morgan fingerprint density at radius 2 is 2.17 bits per heavy atom. The molecule has 0 fully saturated rings. The van der Waals surface area contributed by atoms with E-state index in [9.17, 15) is 0 Å². The topological polar surface area (TPSA) is 21.3 Å². The van der Waals surface area contributed by atoms with Gasteiger partial charge in [-0.2, -0.15) is 0 Å². The van der Waals surface area contributed by atoms with Crippen LogP contribution in [-0.2, 0) is 0 Å². The maximum Gasteiger partial charge on any atom is 0.156 e. The first kappa shape index (κ1) is 9.68. The normalized spacial score (nSPS) is 9.67. The van der Waals surface area contributed by atoms with E-state index in [1.165, 1.54) is 0 Å². The number of hydrogen-bond donors (Lipinski definition) is 1. The van der Waals surface area contributed by atoms with Crippen LogP contribution >= 0.6 is 27.5 Å². The molecule has 0 aliphatic carbocycles. The zero-order chi connectivity index (χ0) is 9.14. The van der Waals surface area contributed by atoms with Crippen molar-refractivity contribution >= 4 is 33.2 Å². The molecule has 0 heterocycles. The summed E-state index contributed by atoms with van der Waals surface area (Å²) in [4.78, 5) is 0. The Kier molecular flexibility index (Phi) is 3.23. The number of anilines is 1. The van der Waals surface area contributed by atoms with Crippen molar-refractivity contribution in [1.29, 1.82) is 0 Å². The van der Waals surface area contributed by atoms with Crippen molar-refractivity contribution in [3.63, 3.8) is 0 Å². The van der Waals surface area contributed by atoms with Crippen LogP contribution in [0.2, 0.25) is 5.02 Å². The van der Waals surface area contributed by atoms with Crippen LogP contribution in [-0.4, -0.2) is 14.2 Å². The van der Waals surface area contributed by atoms with E-state index in [4.69, 9.17) is 16.3 Å². The van der Waals surface area contributed by atoms with Crippen molar-refractivity contribution in [2.75, 3.05) is 19.5 Å². The Hall–Kier alpha value is -0.410. The van der Waals surface area contributed by atoms with Gasteiger partial charge in [-0.25, -0.2) is 0 Å². The van der Waals surface area contributed by atoms with Gasteiger partial charge in [0.25, 0.3) is 0 Å². The second-order valence-corrected chi connectivity index (χ2v) is 3.51. The van der Waals surface area contributed by atoms with E-state index in [0.29, 0.717) is 5.02 Å². The molecule has 0 aliphatic heterocycles. The molecule has 0 aliphatic rings. The molecule has 0 spiro atoms. The second kappa shape index (κ2) is 4.01. The van der Waals surface area contributed by atoms with E-state index >= 15 is 0 Å². The molecule has 0 bridgehead atoms. The van der Waals surface area contributed by atoms with Gasteiger partial charge in [0, 0.05) is 12.1 Å². The Morgan fingerprint density at radius 1 is 1.50 bits per heavy atom. The highest BCUT2D eigenvalue weighted by Gasteiger charge is 2.06. The monoisotopic (exact) mass is 249 g/mol. The maximum absolute atomic E-state index is 5.83. The van der Waals surface area contributed by atoms with Crippen molar-refractivity contribution in [1.82, 2.24) is 0 Å². The lowest BCUT2D eigenvalue weighted by molar-refractivity contribution is 0.414. The molecular weight excluding hydrogens is 241 g/mol. The Morgan fingerprint density at radius 3 is 2.67 bits per heavy atom. The molecule has 1 aromatic rings. The van der Waals surface area contributed by atoms with Gasteiger partial charge in [-0.3, -0.25) is 0 Å². The van der Waals surface area contributed by atoms with Gasteiger partial charge in [0.2, 0.25) is 0 Å². The van der Waals surface area contributed by atoms with Crippen LogP contribution < -0.4 is 10.1 Å². The quantitative estimate of drug-likeness (QED) is 0.870. The zero-order valence-corrected chi connectivity index (χ0v) is 9.16. The first-order valence-electron chi connectivity index (χ1n) is 3.40. The minimum absolute atomic E-state index is 0.673. The molecule has 2 nitrogen and oxygen atoms in total. The Labute approximate surface area is 85.0 Å². The molecule has 0 radical (unpaired) electrons. The fraction of sp³-hybridized carbons (Fsp3) is 0.250. The summed E-state index contributed by atoms with van der Waals surface area (Å²) in [6, 6.07) is 3.60. The van der Waals surface area contributed by atoms with Gasteiger partial charge >= 0.3 is 0 Å². The predicted octanol–water partition coefficient (Wildman–Crippen LogP) is 3.15. The van der Waals surface area contributed by atoms with E-state index in [1.54, 1.807) is 13.2 Å². The number of halogens is 2. The number of ether oxygens (including phenoxy) is 1. The van der Waals surface area contributed by atoms with Gasteiger partial charge in [0.05, 0.1) is 17.3 Å². The van der Waals surface area contributed by atoms with Crippen LogP contribution in [0.15, 0.2) is 16.6 Å². The lowest BCUT2D eigenvalue weighted by Gasteiger charge is -2.09. The van der Waals surface area contributed by atoms with Crippen LogP contribution in [0.4, 0.5) is 5.69 Å². The summed E-state index contributed by atoms with van der Waals surface area (Å²) in [5, 5.41) is 3.66. The molecule has 12 heavy (non-hydrogen) atoms. The fourth-order valence-corrected chi connectivity index (χ4v) is 1.93. The average molecular weight is 251 g/mol. The Bertz CT molecular complexity index is 291. The number of hydrogen-bond acceptors (Lipinski definition) is 2. The van der Waals surface area contributed by atoms with Crippen LogP contribution in [0.25, 0.3) is 0 Å². The average Bonchev–Trinajstić information content (AvgIpc) is 2.03. The minimum Gasteiger partial charge on any atom is -0.493 e. The van der Waals surface area contributed by atoms with E-state index in [2.05, 4.69) is 21.2 Å². The standard InChI is InChI=1S/C8H9BrClNO/c1-11-7-4-5(10)3-6(9)8(7)12-2/h3-4,11H,1-2H3. The van der Waals surface area contributed by atoms with Crippen molar-refractivity contribution in [3.8, 4) is 5.75 Å². The summed E-state index contributed by atoms with van der Waals surface area (Å²) < 4.78 is 6.00. The van der Waals surface area contributed by atoms with Crippen LogP contribution in [0.1, 0.15) is 0 Å². The number of benzene rings is 1. The fourth-order valence-electron chi connectivity index (χ4n) is 0.954. The summed E-state index contributed by atoms with van der Waals surface area (Å²) in [5.41, 5.74) is 0.872. The third-order valence-corrected chi connectivity index (χ3v) is 2.29. The third kappa shape index (κ3) is 1.84. The SMILES string of the molecule is CNc1cc(Cl)cc(Br)c1OC. The molecule has 1 rings (SSSR count). The highest BCUT2D eigenvalue weighted by atomic mass is 79.9. The molecule has 0 amide bonds. The summed E-state index contributed by atoms with van der Waals surface area (Å²) in [6.07, 6.45) is 0. The molecule has 0 atom stereocenters. The molecule has 0 saturated heterocycles. The van der Waals surface area contributed by atoms with E-state index in [0.717, 1.165) is 15.9 Å². The van der Waals surface area contributed by atoms with Crippen molar-refractivity contribution in [2.45, 2.75) is 0 Å². The van der Waals surface area contributed by atoms with Gasteiger partial charge in [-0.15, -0.1) is 0 Å². The predicted molar refractivity (Wildman–Crippen MR) is 55.3 cm³/mol. The lowest BCUT2D eigenvalue weighted by atomic mass is 10.3. The molecule has 66 valence electrons. The lowest BCUT2D eigenvalue weighted by Crippen LogP contribution is -1.94. The Balaban J connectivity index is 3.24. The molecule has 0 unspecified atom stereocenters. The summed E-state index contributed by atoms with van der Waals surface area (Å²) in [5.74, 6) is 0.766. The molecule has 1 N–H and O–H groups in total. The smallest absolute Gasteiger partial charge is 0.156 e. The van der Waals surface area contributed by atoms with Crippen molar-refractivity contribution in [3.05, 3.63) is 21.6 Å². The second-order valence-electron chi connectivity index (χ2n) is 2.22. The molecule has 0 aromatic heterocycles. The zero-order valence-electron chi connectivity index (χ0n) is 6.82. The van der Waals surface area contributed by atoms with E-state index in [1.807, 2.05) is 13.1 Å². The first-order chi connectivity index (χ1) is 5.69. The molecular formula is C8H9BrClNO. The van der Waals surface area contributed by atoms with Crippen LogP contribution in [0, 0.1) is 0 Å². The van der Waals surface area contributed by atoms with Gasteiger partial charge in [-0.05, 0) is 28.1 Å². The minimum atomic E-state index is 0.673. The third-order valence-electron chi connectivity index (χ3n) is 1.48. The largest absolute Gasteiger partial charge is 0.493 e. The van der Waals surface area contributed by atoms with E-state index in [-0.39, 0.29) is 0 Å². The van der Waals surface area contributed by atoms with Crippen molar-refractivity contribution < 1.29 is 4.74 Å². The van der Waals surface area contributed by atoms with Gasteiger partial charge in [-0.1, -0.05) is 11.6 Å². The van der Waals surface area contributed by atoms with Crippen LogP contribution in [0.5, 0.6) is 5.75 Å². The molecule has 0 saturated carbocycles. The van der Waals surface area contributed by atoms with Gasteiger partial charge < -0.3 is 10.1 Å². The summed E-state index contributed by atoms with van der Waals surface area (Å²) in [7, 11) is 3.44. The van der Waals surface area contributed by atoms with Gasteiger partial charge in [0.1, 0.15) is 0 Å². The molecule has 1 aromatic carbocycles. The summed E-state index contributed by atoms with van der Waals surface area (Å²) >= 11 is 9.18. The maximum atomic E-state index is 5.83. The highest BCUT2D eigenvalue weighted by Crippen LogP contribution is 2.35. The number of methoxy groups -OCH3 is 1. The number of nitrogens with one attached hydrogen (secondary N) is 1. The molecule has 4 heteroatoms. The van der Waals surface area contributed by atoms with Crippen LogP contribution in [0.3, 0.4) is 0 Å². The first-order valence-corrected chi connectivity index (χ1v) is 4.57.